The first-order valence-electron chi connectivity index (χ1n) is 5.82. The molecule has 1 aromatic carbocycles. The average molecular weight is 250 g/mol. The van der Waals surface area contributed by atoms with Gasteiger partial charge in [0.2, 0.25) is 0 Å². The summed E-state index contributed by atoms with van der Waals surface area (Å²) in [5.41, 5.74) is 6.32. The second-order valence-electron chi connectivity index (χ2n) is 5.77. The lowest BCUT2D eigenvalue weighted by Crippen LogP contribution is -2.60. The lowest BCUT2D eigenvalue weighted by molar-refractivity contribution is 0.194. The van der Waals surface area contributed by atoms with Crippen molar-refractivity contribution in [3.63, 3.8) is 0 Å². The van der Waals surface area contributed by atoms with Crippen LogP contribution >= 0.6 is 0 Å². The van der Waals surface area contributed by atoms with Crippen LogP contribution in [0.5, 0.6) is 0 Å². The highest BCUT2D eigenvalue weighted by atomic mass is 28.3. The molecule has 4 heteroatoms. The van der Waals surface area contributed by atoms with Crippen molar-refractivity contribution in [2.45, 2.75) is 39.0 Å². The van der Waals surface area contributed by atoms with Crippen molar-refractivity contribution < 1.29 is 4.79 Å². The van der Waals surface area contributed by atoms with Crippen molar-refractivity contribution in [2.24, 2.45) is 5.73 Å². The van der Waals surface area contributed by atoms with Gasteiger partial charge < -0.3 is 10.3 Å². The molecule has 0 bridgehead atoms. The van der Waals surface area contributed by atoms with Gasteiger partial charge >= 0.3 is 6.03 Å². The van der Waals surface area contributed by atoms with Crippen molar-refractivity contribution in [1.82, 2.24) is 4.57 Å². The molecule has 0 spiro atoms. The molecule has 0 fully saturated rings. The Morgan fingerprint density at radius 1 is 1.18 bits per heavy atom. The fourth-order valence-electron chi connectivity index (χ4n) is 2.42. The van der Waals surface area contributed by atoms with Crippen LogP contribution in [-0.4, -0.2) is 18.8 Å². The molecule has 0 aliphatic rings. The Balaban J connectivity index is 3.23. The summed E-state index contributed by atoms with van der Waals surface area (Å²) in [6.07, 6.45) is 0. The first-order valence-corrected chi connectivity index (χ1v) is 9.27. The third kappa shape index (κ3) is 2.88. The summed E-state index contributed by atoms with van der Waals surface area (Å²) in [5.74, 6) is 0. The summed E-state index contributed by atoms with van der Waals surface area (Å²) < 4.78 is 1.86. The van der Waals surface area contributed by atoms with Crippen LogP contribution < -0.4 is 5.73 Å². The van der Waals surface area contributed by atoms with E-state index in [1.54, 1.807) is 0 Å². The predicted octanol–water partition coefficient (Wildman–Crippen LogP) is 3.14. The first kappa shape index (κ1) is 13.8. The monoisotopic (exact) mass is 250 g/mol. The molecule has 2 amide bonds. The zero-order valence-electron chi connectivity index (χ0n) is 11.3. The standard InChI is InChI=1S/C13H22N2OSi/c1-13(2,11-9-7-6-8-10-11)15(12(14)16)17(3,4)5/h6-10H,1-5H3,(H2,14,16). The van der Waals surface area contributed by atoms with Crippen molar-refractivity contribution in [3.8, 4) is 0 Å². The van der Waals surface area contributed by atoms with Gasteiger partial charge in [-0.1, -0.05) is 50.0 Å². The van der Waals surface area contributed by atoms with Gasteiger partial charge in [-0.3, -0.25) is 0 Å². The molecule has 3 nitrogen and oxygen atoms in total. The van der Waals surface area contributed by atoms with E-state index in [0.29, 0.717) is 0 Å². The van der Waals surface area contributed by atoms with E-state index in [1.807, 2.05) is 48.7 Å². The van der Waals surface area contributed by atoms with Crippen molar-refractivity contribution in [2.75, 3.05) is 0 Å². The molecule has 0 unspecified atom stereocenters. The van der Waals surface area contributed by atoms with Gasteiger partial charge in [-0.25, -0.2) is 4.79 Å². The van der Waals surface area contributed by atoms with Crippen LogP contribution in [0, 0.1) is 0 Å². The number of hydrogen-bond donors (Lipinski definition) is 1. The molecule has 0 radical (unpaired) electrons. The van der Waals surface area contributed by atoms with Gasteiger partial charge in [-0.15, -0.1) is 0 Å². The van der Waals surface area contributed by atoms with Gasteiger partial charge in [0.05, 0.1) is 5.54 Å². The molecular weight excluding hydrogens is 228 g/mol. The van der Waals surface area contributed by atoms with E-state index in [-0.39, 0.29) is 11.6 Å². The molecule has 1 aromatic rings. The molecule has 94 valence electrons. The molecular formula is C13H22N2OSi. The minimum atomic E-state index is -1.81. The highest BCUT2D eigenvalue weighted by Gasteiger charge is 2.39. The van der Waals surface area contributed by atoms with E-state index in [9.17, 15) is 4.79 Å². The van der Waals surface area contributed by atoms with Gasteiger partial charge in [0.25, 0.3) is 0 Å². The summed E-state index contributed by atoms with van der Waals surface area (Å²) in [6.45, 7) is 10.5. The lowest BCUT2D eigenvalue weighted by Gasteiger charge is -2.45. The number of nitrogens with two attached hydrogens (primary N) is 1. The second kappa shape index (κ2) is 4.53. The molecule has 0 aromatic heterocycles. The van der Waals surface area contributed by atoms with Crippen molar-refractivity contribution >= 4 is 14.3 Å². The molecule has 2 N–H and O–H groups in total. The minimum absolute atomic E-state index is 0.335. The molecule has 0 aliphatic carbocycles. The number of carbonyl (C=O) groups excluding carboxylic acids is 1. The van der Waals surface area contributed by atoms with Crippen LogP contribution in [0.3, 0.4) is 0 Å². The Hall–Kier alpha value is -1.29. The van der Waals surface area contributed by atoms with Crippen molar-refractivity contribution in [1.29, 1.82) is 0 Å². The summed E-state index contributed by atoms with van der Waals surface area (Å²) in [4.78, 5) is 11.7. The Morgan fingerprint density at radius 3 is 2.00 bits per heavy atom. The summed E-state index contributed by atoms with van der Waals surface area (Å²) >= 11 is 0. The average Bonchev–Trinajstić information content (AvgIpc) is 2.15. The number of nitrogens with zero attached hydrogens (tertiary/aromatic N) is 1. The number of benzene rings is 1. The third-order valence-corrected chi connectivity index (χ3v) is 5.05. The molecule has 0 heterocycles. The van der Waals surface area contributed by atoms with E-state index in [1.165, 1.54) is 0 Å². The molecule has 0 aliphatic heterocycles. The second-order valence-corrected chi connectivity index (χ2v) is 10.6. The topological polar surface area (TPSA) is 46.3 Å². The van der Waals surface area contributed by atoms with Gasteiger partial charge in [-0.05, 0) is 19.4 Å². The SMILES string of the molecule is CC(C)(c1ccccc1)N(C(N)=O)[Si](C)(C)C. The molecule has 0 saturated heterocycles. The number of hydrogen-bond acceptors (Lipinski definition) is 1. The number of rotatable bonds is 3. The summed E-state index contributed by atoms with van der Waals surface area (Å²) in [7, 11) is -1.81. The first-order chi connectivity index (χ1) is 7.67. The van der Waals surface area contributed by atoms with Crippen LogP contribution in [0.1, 0.15) is 19.4 Å². The number of primary amides is 1. The number of urea groups is 1. The van der Waals surface area contributed by atoms with Gasteiger partial charge in [0.15, 0.2) is 8.24 Å². The maximum absolute atomic E-state index is 11.7. The van der Waals surface area contributed by atoms with Crippen LogP contribution in [0.4, 0.5) is 4.79 Å². The van der Waals surface area contributed by atoms with E-state index in [0.717, 1.165) is 5.56 Å². The maximum Gasteiger partial charge on any atom is 0.307 e. The third-order valence-electron chi connectivity index (χ3n) is 2.93. The van der Waals surface area contributed by atoms with Crippen LogP contribution in [-0.2, 0) is 5.54 Å². The Labute approximate surface area is 105 Å². The summed E-state index contributed by atoms with van der Waals surface area (Å²) in [5, 5.41) is 0. The predicted molar refractivity (Wildman–Crippen MR) is 74.2 cm³/mol. The Kier molecular flexibility index (Phi) is 3.67. The van der Waals surface area contributed by atoms with Gasteiger partial charge in [0.1, 0.15) is 0 Å². The Morgan fingerprint density at radius 2 is 1.65 bits per heavy atom. The van der Waals surface area contributed by atoms with Crippen molar-refractivity contribution in [3.05, 3.63) is 35.9 Å². The lowest BCUT2D eigenvalue weighted by atomic mass is 9.94. The fraction of sp³-hybridized carbons (Fsp3) is 0.462. The fourth-order valence-corrected chi connectivity index (χ4v) is 4.89. The van der Waals surface area contributed by atoms with Crippen LogP contribution in [0.25, 0.3) is 0 Å². The van der Waals surface area contributed by atoms with Crippen LogP contribution in [0.2, 0.25) is 19.6 Å². The quantitative estimate of drug-likeness (QED) is 0.823. The zero-order chi connectivity index (χ0) is 13.3. The van der Waals surface area contributed by atoms with E-state index < -0.39 is 8.24 Å². The minimum Gasteiger partial charge on any atom is -0.352 e. The molecule has 17 heavy (non-hydrogen) atoms. The smallest absolute Gasteiger partial charge is 0.307 e. The molecule has 0 saturated carbocycles. The zero-order valence-corrected chi connectivity index (χ0v) is 12.3. The number of amides is 2. The molecule has 0 atom stereocenters. The Bertz CT molecular complexity index is 396. The van der Waals surface area contributed by atoms with E-state index >= 15 is 0 Å². The number of carbonyl (C=O) groups is 1. The van der Waals surface area contributed by atoms with Gasteiger partial charge in [0, 0.05) is 0 Å². The maximum atomic E-state index is 11.7. The highest BCUT2D eigenvalue weighted by Crippen LogP contribution is 2.31. The van der Waals surface area contributed by atoms with E-state index in [4.69, 9.17) is 5.73 Å². The van der Waals surface area contributed by atoms with E-state index in [2.05, 4.69) is 19.6 Å². The normalized spacial score (nSPS) is 12.3. The van der Waals surface area contributed by atoms with Crippen LogP contribution in [0.15, 0.2) is 30.3 Å². The highest BCUT2D eigenvalue weighted by molar-refractivity contribution is 6.75. The van der Waals surface area contributed by atoms with Gasteiger partial charge in [-0.2, -0.15) is 0 Å². The molecule has 1 rings (SSSR count). The largest absolute Gasteiger partial charge is 0.352 e. The summed E-state index contributed by atoms with van der Waals surface area (Å²) in [6, 6.07) is 9.69.